The lowest BCUT2D eigenvalue weighted by atomic mass is 9.98. The highest BCUT2D eigenvalue weighted by Crippen LogP contribution is 2.24. The lowest BCUT2D eigenvalue weighted by Gasteiger charge is -2.34. The smallest absolute Gasteiger partial charge is 0.254 e. The number of hydrogen-bond donors (Lipinski definition) is 0. The summed E-state index contributed by atoms with van der Waals surface area (Å²) in [5.41, 5.74) is 0.613. The minimum absolute atomic E-state index is 0.0522. The largest absolute Gasteiger partial charge is 0.341 e. The molecule has 3 heterocycles. The van der Waals surface area contributed by atoms with Crippen LogP contribution in [0.4, 0.5) is 0 Å². The third-order valence-electron chi connectivity index (χ3n) is 4.82. The van der Waals surface area contributed by atoms with Crippen LogP contribution in [0.15, 0.2) is 24.5 Å². The van der Waals surface area contributed by atoms with Gasteiger partial charge in [-0.1, -0.05) is 6.92 Å². The summed E-state index contributed by atoms with van der Waals surface area (Å²) in [6.07, 6.45) is 7.05. The zero-order valence-corrected chi connectivity index (χ0v) is 13.1. The number of likely N-dealkylation sites (tertiary alicyclic amines) is 2. The molecule has 0 radical (unpaired) electrons. The molecule has 118 valence electrons. The Hall–Kier alpha value is -1.91. The molecule has 2 amide bonds. The molecule has 0 aromatic carbocycles. The maximum atomic E-state index is 12.8. The summed E-state index contributed by atoms with van der Waals surface area (Å²) in [4.78, 5) is 33.0. The number of nitrogens with zero attached hydrogens (tertiary/aromatic N) is 3. The Bertz CT molecular complexity index is 538. The highest BCUT2D eigenvalue weighted by Gasteiger charge is 2.37. The van der Waals surface area contributed by atoms with Crippen molar-refractivity contribution in [3.8, 4) is 0 Å². The molecule has 2 aliphatic rings. The molecule has 0 aliphatic carbocycles. The van der Waals surface area contributed by atoms with Crippen LogP contribution >= 0.6 is 0 Å². The lowest BCUT2D eigenvalue weighted by molar-refractivity contribution is -0.136. The monoisotopic (exact) mass is 301 g/mol. The first-order valence-corrected chi connectivity index (χ1v) is 8.16. The summed E-state index contributed by atoms with van der Waals surface area (Å²) in [6, 6.07) is 3.14. The fraction of sp³-hybridized carbons (Fsp3) is 0.588. The summed E-state index contributed by atoms with van der Waals surface area (Å²) in [6.45, 7) is 4.56. The molecule has 5 heteroatoms. The van der Waals surface area contributed by atoms with Crippen molar-refractivity contribution in [3.05, 3.63) is 30.1 Å². The fourth-order valence-electron chi connectivity index (χ4n) is 3.37. The van der Waals surface area contributed by atoms with Crippen LogP contribution in [0.2, 0.25) is 0 Å². The minimum Gasteiger partial charge on any atom is -0.341 e. The summed E-state index contributed by atoms with van der Waals surface area (Å²) in [7, 11) is 0. The first-order chi connectivity index (χ1) is 10.7. The molecule has 2 fully saturated rings. The lowest BCUT2D eigenvalue weighted by Crippen LogP contribution is -2.49. The molecule has 0 unspecified atom stereocenters. The van der Waals surface area contributed by atoms with Gasteiger partial charge in [-0.15, -0.1) is 0 Å². The molecule has 2 aliphatic heterocycles. The highest BCUT2D eigenvalue weighted by molar-refractivity contribution is 5.97. The molecule has 22 heavy (non-hydrogen) atoms. The van der Waals surface area contributed by atoms with Crippen molar-refractivity contribution in [3.63, 3.8) is 0 Å². The van der Waals surface area contributed by atoms with E-state index in [0.29, 0.717) is 18.0 Å². The van der Waals surface area contributed by atoms with E-state index in [-0.39, 0.29) is 17.9 Å². The van der Waals surface area contributed by atoms with Gasteiger partial charge in [-0.05, 0) is 43.7 Å². The zero-order chi connectivity index (χ0) is 15.5. The van der Waals surface area contributed by atoms with Gasteiger partial charge in [0.15, 0.2) is 0 Å². The summed E-state index contributed by atoms with van der Waals surface area (Å²) >= 11 is 0. The van der Waals surface area contributed by atoms with Gasteiger partial charge in [0.05, 0.1) is 0 Å². The first kappa shape index (κ1) is 15.0. The second kappa shape index (κ2) is 6.46. The van der Waals surface area contributed by atoms with Crippen LogP contribution in [0.5, 0.6) is 0 Å². The van der Waals surface area contributed by atoms with Gasteiger partial charge >= 0.3 is 0 Å². The second-order valence-electron chi connectivity index (χ2n) is 6.40. The zero-order valence-electron chi connectivity index (χ0n) is 13.1. The van der Waals surface area contributed by atoms with Crippen LogP contribution in [0.25, 0.3) is 0 Å². The van der Waals surface area contributed by atoms with Crippen LogP contribution in [0.3, 0.4) is 0 Å². The molecule has 1 aromatic rings. The highest BCUT2D eigenvalue weighted by atomic mass is 16.2. The van der Waals surface area contributed by atoms with E-state index in [1.165, 1.54) is 0 Å². The number of hydrogen-bond acceptors (Lipinski definition) is 3. The van der Waals surface area contributed by atoms with Gasteiger partial charge < -0.3 is 9.80 Å². The number of carbonyl (C=O) groups is 2. The van der Waals surface area contributed by atoms with Crippen molar-refractivity contribution in [1.82, 2.24) is 14.8 Å². The Morgan fingerprint density at radius 3 is 2.45 bits per heavy atom. The average Bonchev–Trinajstić information content (AvgIpc) is 3.04. The van der Waals surface area contributed by atoms with Crippen molar-refractivity contribution in [2.45, 2.75) is 38.6 Å². The number of aromatic nitrogens is 1. The van der Waals surface area contributed by atoms with Gasteiger partial charge in [0, 0.05) is 37.6 Å². The quantitative estimate of drug-likeness (QED) is 0.839. The molecule has 1 aromatic heterocycles. The fourth-order valence-corrected chi connectivity index (χ4v) is 3.37. The molecular formula is C17H23N3O2. The van der Waals surface area contributed by atoms with Crippen LogP contribution in [0, 0.1) is 5.92 Å². The van der Waals surface area contributed by atoms with E-state index >= 15 is 0 Å². The van der Waals surface area contributed by atoms with Crippen LogP contribution in [-0.2, 0) is 4.79 Å². The summed E-state index contributed by atoms with van der Waals surface area (Å²) in [5, 5.41) is 0. The van der Waals surface area contributed by atoms with Gasteiger partial charge in [0.25, 0.3) is 5.91 Å². The average molecular weight is 301 g/mol. The van der Waals surface area contributed by atoms with Gasteiger partial charge in [0.1, 0.15) is 6.04 Å². The number of pyridine rings is 1. The molecule has 2 saturated heterocycles. The van der Waals surface area contributed by atoms with Crippen molar-refractivity contribution in [2.24, 2.45) is 5.92 Å². The van der Waals surface area contributed by atoms with Gasteiger partial charge in [-0.2, -0.15) is 0 Å². The predicted molar refractivity (Wildman–Crippen MR) is 83.3 cm³/mol. The number of amides is 2. The third kappa shape index (κ3) is 2.98. The Balaban J connectivity index is 1.70. The van der Waals surface area contributed by atoms with E-state index in [4.69, 9.17) is 0 Å². The van der Waals surface area contributed by atoms with Gasteiger partial charge in [0.2, 0.25) is 5.91 Å². The summed E-state index contributed by atoms with van der Waals surface area (Å²) < 4.78 is 0. The van der Waals surface area contributed by atoms with E-state index in [2.05, 4.69) is 11.9 Å². The Morgan fingerprint density at radius 2 is 1.77 bits per heavy atom. The van der Waals surface area contributed by atoms with Crippen LogP contribution < -0.4 is 0 Å². The van der Waals surface area contributed by atoms with E-state index in [0.717, 1.165) is 38.8 Å². The van der Waals surface area contributed by atoms with Gasteiger partial charge in [-0.3, -0.25) is 14.6 Å². The molecule has 1 atom stereocenters. The molecule has 5 nitrogen and oxygen atoms in total. The third-order valence-corrected chi connectivity index (χ3v) is 4.82. The molecule has 0 N–H and O–H groups in total. The molecule has 0 saturated carbocycles. The van der Waals surface area contributed by atoms with Crippen molar-refractivity contribution >= 4 is 11.8 Å². The Labute approximate surface area is 131 Å². The van der Waals surface area contributed by atoms with E-state index in [1.807, 2.05) is 4.90 Å². The van der Waals surface area contributed by atoms with Crippen LogP contribution in [0.1, 0.15) is 43.0 Å². The van der Waals surface area contributed by atoms with Crippen molar-refractivity contribution in [2.75, 3.05) is 19.6 Å². The maximum Gasteiger partial charge on any atom is 0.254 e. The first-order valence-electron chi connectivity index (χ1n) is 8.16. The second-order valence-corrected chi connectivity index (χ2v) is 6.40. The number of piperidine rings is 1. The maximum absolute atomic E-state index is 12.8. The molecule has 0 spiro atoms. The Kier molecular flexibility index (Phi) is 4.41. The number of rotatable bonds is 2. The SMILES string of the molecule is CC1CCN(C(=O)[C@@H]2CCCN2C(=O)c2ccncc2)CC1. The predicted octanol–water partition coefficient (Wildman–Crippen LogP) is 1.94. The number of carbonyl (C=O) groups excluding carboxylic acids is 2. The summed E-state index contributed by atoms with van der Waals surface area (Å²) in [5.74, 6) is 0.776. The van der Waals surface area contributed by atoms with Gasteiger partial charge in [-0.25, -0.2) is 0 Å². The van der Waals surface area contributed by atoms with E-state index in [1.54, 1.807) is 29.4 Å². The van der Waals surface area contributed by atoms with Crippen LogP contribution in [-0.4, -0.2) is 52.3 Å². The molecule has 3 rings (SSSR count). The van der Waals surface area contributed by atoms with Crippen molar-refractivity contribution < 1.29 is 9.59 Å². The minimum atomic E-state index is -0.283. The normalized spacial score (nSPS) is 22.9. The molecule has 0 bridgehead atoms. The van der Waals surface area contributed by atoms with Crippen molar-refractivity contribution in [1.29, 1.82) is 0 Å². The Morgan fingerprint density at radius 1 is 1.09 bits per heavy atom. The van der Waals surface area contributed by atoms with E-state index < -0.39 is 0 Å². The molecular weight excluding hydrogens is 278 g/mol. The standard InChI is InChI=1S/C17H23N3O2/c1-13-6-11-19(12-7-13)17(22)15-3-2-10-20(15)16(21)14-4-8-18-9-5-14/h4-5,8-9,13,15H,2-3,6-7,10-12H2,1H3/t15-/m0/s1. The topological polar surface area (TPSA) is 53.5 Å². The van der Waals surface area contributed by atoms with E-state index in [9.17, 15) is 9.59 Å².